The van der Waals surface area contributed by atoms with Crippen LogP contribution in [0.1, 0.15) is 21.5 Å². The van der Waals surface area contributed by atoms with Crippen molar-refractivity contribution in [2.24, 2.45) is 5.10 Å². The number of rotatable bonds is 6. The summed E-state index contributed by atoms with van der Waals surface area (Å²) in [5.74, 6) is -0.901. The van der Waals surface area contributed by atoms with Crippen LogP contribution in [-0.4, -0.2) is 29.8 Å². The first kappa shape index (κ1) is 16.2. The van der Waals surface area contributed by atoms with Crippen LogP contribution in [0.15, 0.2) is 53.6 Å². The van der Waals surface area contributed by atoms with Gasteiger partial charge in [-0.3, -0.25) is 4.79 Å². The first-order valence-corrected chi connectivity index (χ1v) is 6.90. The minimum Gasteiger partial charge on any atom is -0.484 e. The maximum absolute atomic E-state index is 11.6. The lowest BCUT2D eigenvalue weighted by Gasteiger charge is -2.05. The van der Waals surface area contributed by atoms with E-state index < -0.39 is 11.9 Å². The third kappa shape index (κ3) is 4.96. The van der Waals surface area contributed by atoms with Crippen LogP contribution in [0.5, 0.6) is 5.75 Å². The molecular weight excluding hydrogens is 296 g/mol. The predicted molar refractivity (Wildman–Crippen MR) is 85.8 cm³/mol. The van der Waals surface area contributed by atoms with Gasteiger partial charge in [0, 0.05) is 5.56 Å². The summed E-state index contributed by atoms with van der Waals surface area (Å²) in [6, 6.07) is 13.7. The van der Waals surface area contributed by atoms with E-state index in [2.05, 4.69) is 10.5 Å². The lowest BCUT2D eigenvalue weighted by Crippen LogP contribution is -2.24. The molecule has 6 heteroatoms. The third-order valence-electron chi connectivity index (χ3n) is 2.97. The molecule has 0 aliphatic heterocycles. The Bertz CT molecular complexity index is 724. The number of nitrogens with zero attached hydrogens (tertiary/aromatic N) is 1. The number of benzene rings is 2. The Morgan fingerprint density at radius 3 is 2.57 bits per heavy atom. The van der Waals surface area contributed by atoms with E-state index in [1.165, 1.54) is 12.3 Å². The van der Waals surface area contributed by atoms with Crippen molar-refractivity contribution in [1.29, 1.82) is 0 Å². The van der Waals surface area contributed by atoms with Crippen molar-refractivity contribution in [3.63, 3.8) is 0 Å². The van der Waals surface area contributed by atoms with E-state index in [4.69, 9.17) is 9.84 Å². The molecule has 0 bridgehead atoms. The molecule has 0 aliphatic carbocycles. The largest absolute Gasteiger partial charge is 0.484 e. The second kappa shape index (κ2) is 7.74. The fraction of sp³-hybridized carbons (Fsp3) is 0.118. The molecule has 2 N–H and O–H groups in total. The van der Waals surface area contributed by atoms with Crippen LogP contribution >= 0.6 is 0 Å². The zero-order valence-corrected chi connectivity index (χ0v) is 12.5. The molecule has 0 saturated heterocycles. The summed E-state index contributed by atoms with van der Waals surface area (Å²) in [5.41, 5.74) is 3.91. The van der Waals surface area contributed by atoms with Crippen molar-refractivity contribution in [2.75, 3.05) is 6.61 Å². The molecule has 0 fully saturated rings. The molecule has 0 heterocycles. The van der Waals surface area contributed by atoms with Gasteiger partial charge in [-0.15, -0.1) is 0 Å². The van der Waals surface area contributed by atoms with E-state index in [0.29, 0.717) is 11.3 Å². The fourth-order valence-electron chi connectivity index (χ4n) is 1.79. The maximum Gasteiger partial charge on any atom is 0.336 e. The first-order valence-electron chi connectivity index (χ1n) is 6.90. The number of nitrogens with one attached hydrogen (secondary N) is 1. The Balaban J connectivity index is 1.87. The molecule has 0 atom stereocenters. The summed E-state index contributed by atoms with van der Waals surface area (Å²) in [6.45, 7) is 1.78. The van der Waals surface area contributed by atoms with Crippen LogP contribution in [0.3, 0.4) is 0 Å². The number of carbonyl (C=O) groups is 2. The number of hydrogen-bond acceptors (Lipinski definition) is 4. The van der Waals surface area contributed by atoms with Crippen LogP contribution in [0, 0.1) is 6.92 Å². The molecule has 23 heavy (non-hydrogen) atoms. The number of hydrazone groups is 1. The molecule has 2 aromatic rings. The summed E-state index contributed by atoms with van der Waals surface area (Å²) < 4.78 is 5.31. The number of aromatic carboxylic acids is 1. The highest BCUT2D eigenvalue weighted by molar-refractivity contribution is 5.98. The van der Waals surface area contributed by atoms with Crippen molar-refractivity contribution >= 4 is 18.1 Å². The number of amides is 1. The lowest BCUT2D eigenvalue weighted by molar-refractivity contribution is -0.123. The zero-order chi connectivity index (χ0) is 16.7. The van der Waals surface area contributed by atoms with Gasteiger partial charge in [0.2, 0.25) is 0 Å². The molecule has 0 unspecified atom stereocenters. The molecular formula is C17H16N2O4. The Morgan fingerprint density at radius 2 is 1.87 bits per heavy atom. The van der Waals surface area contributed by atoms with E-state index in [1.807, 2.05) is 19.1 Å². The fourth-order valence-corrected chi connectivity index (χ4v) is 1.79. The van der Waals surface area contributed by atoms with Crippen molar-refractivity contribution in [3.05, 3.63) is 65.2 Å². The average molecular weight is 312 g/mol. The van der Waals surface area contributed by atoms with E-state index in [0.717, 1.165) is 5.56 Å². The predicted octanol–water partition coefficient (Wildman–Crippen LogP) is 2.22. The summed E-state index contributed by atoms with van der Waals surface area (Å²) in [5, 5.41) is 12.8. The highest BCUT2D eigenvalue weighted by Gasteiger charge is 2.07. The lowest BCUT2D eigenvalue weighted by atomic mass is 10.1. The van der Waals surface area contributed by atoms with Crippen LogP contribution < -0.4 is 10.2 Å². The minimum absolute atomic E-state index is 0.112. The number of carboxylic acids is 1. The van der Waals surface area contributed by atoms with Crippen LogP contribution in [-0.2, 0) is 4.79 Å². The monoisotopic (exact) mass is 312 g/mol. The van der Waals surface area contributed by atoms with Crippen molar-refractivity contribution in [1.82, 2.24) is 5.43 Å². The number of ether oxygens (including phenoxy) is 1. The molecule has 6 nitrogen and oxygen atoms in total. The quantitative estimate of drug-likeness (QED) is 0.632. The van der Waals surface area contributed by atoms with E-state index >= 15 is 0 Å². The van der Waals surface area contributed by atoms with E-state index in [-0.39, 0.29) is 12.2 Å². The molecule has 0 spiro atoms. The Morgan fingerprint density at radius 1 is 1.17 bits per heavy atom. The zero-order valence-electron chi connectivity index (χ0n) is 12.5. The molecule has 1 amide bonds. The van der Waals surface area contributed by atoms with Gasteiger partial charge in [-0.2, -0.15) is 5.10 Å². The highest BCUT2D eigenvalue weighted by atomic mass is 16.5. The van der Waals surface area contributed by atoms with Crippen molar-refractivity contribution < 1.29 is 19.4 Å². The van der Waals surface area contributed by atoms with Gasteiger partial charge in [-0.1, -0.05) is 35.9 Å². The van der Waals surface area contributed by atoms with E-state index in [1.54, 1.807) is 30.3 Å². The molecule has 2 aromatic carbocycles. The molecule has 118 valence electrons. The van der Waals surface area contributed by atoms with Crippen molar-refractivity contribution in [2.45, 2.75) is 6.92 Å². The molecule has 2 rings (SSSR count). The summed E-state index contributed by atoms with van der Waals surface area (Å²) in [7, 11) is 0. The van der Waals surface area contributed by atoms with Crippen molar-refractivity contribution in [3.8, 4) is 5.75 Å². The molecule has 0 radical (unpaired) electrons. The van der Waals surface area contributed by atoms with Gasteiger partial charge in [-0.25, -0.2) is 10.2 Å². The Hall–Kier alpha value is -3.15. The molecule has 0 saturated carbocycles. The smallest absolute Gasteiger partial charge is 0.336 e. The average Bonchev–Trinajstić information content (AvgIpc) is 2.54. The SMILES string of the molecule is Cc1ccc(OCC(=O)N/N=C/c2ccccc2C(=O)O)cc1. The Labute approximate surface area is 133 Å². The van der Waals surface area contributed by atoms with Crippen LogP contribution in [0.2, 0.25) is 0 Å². The van der Waals surface area contributed by atoms with Gasteiger partial charge in [-0.05, 0) is 25.1 Å². The number of hydrogen-bond donors (Lipinski definition) is 2. The summed E-state index contributed by atoms with van der Waals surface area (Å²) in [4.78, 5) is 22.7. The minimum atomic E-state index is -1.05. The van der Waals surface area contributed by atoms with Gasteiger partial charge in [0.05, 0.1) is 11.8 Å². The Kier molecular flexibility index (Phi) is 5.46. The normalized spacial score (nSPS) is 10.5. The number of carbonyl (C=O) groups excluding carboxylic acids is 1. The van der Waals surface area contributed by atoms with Gasteiger partial charge in [0.25, 0.3) is 5.91 Å². The number of carboxylic acid groups (broad SMARTS) is 1. The number of aryl methyl sites for hydroxylation is 1. The second-order valence-electron chi connectivity index (χ2n) is 4.79. The van der Waals surface area contributed by atoms with E-state index in [9.17, 15) is 9.59 Å². The summed E-state index contributed by atoms with van der Waals surface area (Å²) >= 11 is 0. The van der Waals surface area contributed by atoms with Crippen LogP contribution in [0.4, 0.5) is 0 Å². The molecule has 0 aliphatic rings. The standard InChI is InChI=1S/C17H16N2O4/c1-12-6-8-14(9-7-12)23-11-16(20)19-18-10-13-4-2-3-5-15(13)17(21)22/h2-10H,11H2,1H3,(H,19,20)(H,21,22)/b18-10+. The highest BCUT2D eigenvalue weighted by Crippen LogP contribution is 2.11. The molecule has 0 aromatic heterocycles. The van der Waals surface area contributed by atoms with Crippen LogP contribution in [0.25, 0.3) is 0 Å². The van der Waals surface area contributed by atoms with Gasteiger partial charge < -0.3 is 9.84 Å². The first-order chi connectivity index (χ1) is 11.1. The third-order valence-corrected chi connectivity index (χ3v) is 2.97. The maximum atomic E-state index is 11.6. The van der Waals surface area contributed by atoms with Gasteiger partial charge in [0.15, 0.2) is 6.61 Å². The second-order valence-corrected chi connectivity index (χ2v) is 4.79. The van der Waals surface area contributed by atoms with Gasteiger partial charge in [0.1, 0.15) is 5.75 Å². The summed E-state index contributed by atoms with van der Waals surface area (Å²) in [6.07, 6.45) is 1.28. The van der Waals surface area contributed by atoms with Gasteiger partial charge >= 0.3 is 5.97 Å². The topological polar surface area (TPSA) is 88.0 Å².